The minimum absolute atomic E-state index is 0.186. The van der Waals surface area contributed by atoms with Gasteiger partial charge in [0, 0.05) is 23.2 Å². The van der Waals surface area contributed by atoms with Crippen molar-refractivity contribution in [2.75, 3.05) is 4.90 Å². The van der Waals surface area contributed by atoms with E-state index >= 15 is 0 Å². The molecule has 1 fully saturated rings. The van der Waals surface area contributed by atoms with E-state index < -0.39 is 0 Å². The lowest BCUT2D eigenvalue weighted by Crippen LogP contribution is -2.42. The van der Waals surface area contributed by atoms with Gasteiger partial charge in [-0.05, 0) is 38.3 Å². The fourth-order valence-electron chi connectivity index (χ4n) is 5.27. The van der Waals surface area contributed by atoms with E-state index in [2.05, 4.69) is 55.8 Å². The van der Waals surface area contributed by atoms with Crippen LogP contribution < -0.4 is 4.90 Å². The molecule has 0 amide bonds. The van der Waals surface area contributed by atoms with Gasteiger partial charge in [0.2, 0.25) is 0 Å². The largest absolute Gasteiger partial charge is 0.361 e. The van der Waals surface area contributed by atoms with Crippen LogP contribution in [0.5, 0.6) is 0 Å². The Morgan fingerprint density at radius 1 is 1.13 bits per heavy atom. The number of fused-ring (bicyclic) bond motifs is 4. The first-order valence-electron chi connectivity index (χ1n) is 10.9. The number of hydrogen-bond donors (Lipinski definition) is 1. The van der Waals surface area contributed by atoms with Gasteiger partial charge in [0.05, 0.1) is 17.8 Å². The summed E-state index contributed by atoms with van der Waals surface area (Å²) in [4.78, 5) is 15.8. The molecule has 6 rings (SSSR count). The molecule has 0 saturated heterocycles. The molecule has 1 aromatic carbocycles. The van der Waals surface area contributed by atoms with Crippen LogP contribution in [0.3, 0.4) is 0 Å². The highest BCUT2D eigenvalue weighted by molar-refractivity contribution is 5.92. The van der Waals surface area contributed by atoms with Gasteiger partial charge >= 0.3 is 0 Å². The topological polar surface area (TPSA) is 75.5 Å². The number of aromatic nitrogens is 6. The maximum Gasteiger partial charge on any atom is 0.163 e. The number of aromatic amines is 1. The minimum Gasteiger partial charge on any atom is -0.361 e. The zero-order valence-corrected chi connectivity index (χ0v) is 17.3. The van der Waals surface area contributed by atoms with Crippen molar-refractivity contribution < 1.29 is 0 Å². The number of benzene rings is 1. The maximum atomic E-state index is 5.18. The van der Waals surface area contributed by atoms with Crippen molar-refractivity contribution in [1.82, 2.24) is 29.7 Å². The molecule has 4 heterocycles. The van der Waals surface area contributed by atoms with Crippen LogP contribution in [0, 0.1) is 6.92 Å². The summed E-state index contributed by atoms with van der Waals surface area (Å²) in [6, 6.07) is 9.03. The highest BCUT2D eigenvalue weighted by atomic mass is 15.4. The van der Waals surface area contributed by atoms with Gasteiger partial charge in [-0.15, -0.1) is 10.2 Å². The second-order valence-corrected chi connectivity index (χ2v) is 8.36. The Labute approximate surface area is 175 Å². The Hall–Kier alpha value is -3.22. The van der Waals surface area contributed by atoms with Gasteiger partial charge in [0.1, 0.15) is 11.5 Å². The number of aryl methyl sites for hydroxylation is 1. The van der Waals surface area contributed by atoms with Crippen LogP contribution in [0.15, 0.2) is 36.7 Å². The van der Waals surface area contributed by atoms with Crippen molar-refractivity contribution in [1.29, 1.82) is 0 Å². The molecule has 1 unspecified atom stereocenters. The summed E-state index contributed by atoms with van der Waals surface area (Å²) in [7, 11) is 0. The summed E-state index contributed by atoms with van der Waals surface area (Å²) in [5, 5.41) is 10.1. The summed E-state index contributed by atoms with van der Waals surface area (Å²) in [5.41, 5.74) is 3.10. The first kappa shape index (κ1) is 17.6. The van der Waals surface area contributed by atoms with Gasteiger partial charge in [-0.1, -0.05) is 31.9 Å². The van der Waals surface area contributed by atoms with Crippen molar-refractivity contribution in [3.05, 3.63) is 48.3 Å². The quantitative estimate of drug-likeness (QED) is 0.539. The zero-order chi connectivity index (χ0) is 20.2. The highest BCUT2D eigenvalue weighted by Crippen LogP contribution is 2.43. The maximum absolute atomic E-state index is 5.18. The molecule has 0 radical (unpaired) electrons. The molecule has 2 aliphatic rings. The normalized spacial score (nSPS) is 18.7. The molecule has 7 heteroatoms. The molecule has 1 aliphatic heterocycles. The Morgan fingerprint density at radius 2 is 2.00 bits per heavy atom. The van der Waals surface area contributed by atoms with Gasteiger partial charge in [0.25, 0.3) is 0 Å². The number of H-pyrrole nitrogens is 1. The van der Waals surface area contributed by atoms with Crippen molar-refractivity contribution in [3.63, 3.8) is 0 Å². The molecular formula is C23H25N7. The number of nitrogens with one attached hydrogen (secondary N) is 1. The standard InChI is InChI=1S/C23H25N7/c1-3-18-23-28-27-14(2)29(23)19-13-25-21(17-10-6-7-15-11-12-24-20(15)17)26-22(19)30(18)16-8-4-5-9-16/h6-7,10-13,16,18,24H,3-5,8-9H2,1-2H3. The van der Waals surface area contributed by atoms with Crippen LogP contribution in [-0.2, 0) is 0 Å². The number of rotatable bonds is 3. The van der Waals surface area contributed by atoms with Crippen molar-refractivity contribution in [2.45, 2.75) is 58.0 Å². The predicted octanol–water partition coefficient (Wildman–Crippen LogP) is 4.73. The van der Waals surface area contributed by atoms with E-state index in [-0.39, 0.29) is 6.04 Å². The molecule has 7 nitrogen and oxygen atoms in total. The van der Waals surface area contributed by atoms with Crippen LogP contribution in [0.2, 0.25) is 0 Å². The number of hydrogen-bond acceptors (Lipinski definition) is 5. The van der Waals surface area contributed by atoms with Crippen molar-refractivity contribution in [3.8, 4) is 17.1 Å². The second-order valence-electron chi connectivity index (χ2n) is 8.36. The monoisotopic (exact) mass is 399 g/mol. The molecule has 1 N–H and O–H groups in total. The minimum atomic E-state index is 0.186. The van der Waals surface area contributed by atoms with E-state index in [1.165, 1.54) is 31.1 Å². The molecule has 3 aromatic heterocycles. The van der Waals surface area contributed by atoms with Crippen molar-refractivity contribution in [2.24, 2.45) is 0 Å². The third-order valence-corrected chi connectivity index (χ3v) is 6.65. The lowest BCUT2D eigenvalue weighted by Gasteiger charge is -2.41. The Bertz CT molecular complexity index is 1230. The fraction of sp³-hybridized carbons (Fsp3) is 0.391. The van der Waals surface area contributed by atoms with Gasteiger partial charge in [-0.25, -0.2) is 9.97 Å². The average Bonchev–Trinajstić information content (AvgIpc) is 3.53. The van der Waals surface area contributed by atoms with Crippen molar-refractivity contribution >= 4 is 16.7 Å². The number of anilines is 1. The van der Waals surface area contributed by atoms with Crippen LogP contribution in [0.1, 0.15) is 56.7 Å². The number of nitrogens with zero attached hydrogens (tertiary/aromatic N) is 6. The van der Waals surface area contributed by atoms with E-state index in [0.717, 1.165) is 46.5 Å². The smallest absolute Gasteiger partial charge is 0.163 e. The van der Waals surface area contributed by atoms with Crippen LogP contribution >= 0.6 is 0 Å². The summed E-state index contributed by atoms with van der Waals surface area (Å²) in [5.74, 6) is 3.67. The summed E-state index contributed by atoms with van der Waals surface area (Å²) in [6.07, 6.45) is 9.85. The molecule has 152 valence electrons. The molecule has 0 spiro atoms. The lowest BCUT2D eigenvalue weighted by molar-refractivity contribution is 0.468. The molecular weight excluding hydrogens is 374 g/mol. The molecule has 0 bridgehead atoms. The molecule has 1 saturated carbocycles. The second kappa shape index (κ2) is 6.65. The van der Waals surface area contributed by atoms with Gasteiger partial charge in [0.15, 0.2) is 17.5 Å². The third-order valence-electron chi connectivity index (χ3n) is 6.65. The van der Waals surface area contributed by atoms with E-state index in [1.54, 1.807) is 0 Å². The van der Waals surface area contributed by atoms with Gasteiger partial charge < -0.3 is 9.88 Å². The predicted molar refractivity (Wildman–Crippen MR) is 117 cm³/mol. The van der Waals surface area contributed by atoms with Crippen LogP contribution in [-0.4, -0.2) is 35.8 Å². The summed E-state index contributed by atoms with van der Waals surface area (Å²) < 4.78 is 2.15. The zero-order valence-electron chi connectivity index (χ0n) is 17.3. The fourth-order valence-corrected chi connectivity index (χ4v) is 5.27. The van der Waals surface area contributed by atoms with Gasteiger partial charge in [-0.2, -0.15) is 0 Å². The molecule has 1 atom stereocenters. The first-order chi connectivity index (χ1) is 14.8. The van der Waals surface area contributed by atoms with E-state index in [0.29, 0.717) is 6.04 Å². The Kier molecular flexibility index (Phi) is 3.91. The summed E-state index contributed by atoms with van der Waals surface area (Å²) in [6.45, 7) is 4.24. The Balaban J connectivity index is 1.59. The summed E-state index contributed by atoms with van der Waals surface area (Å²) >= 11 is 0. The van der Waals surface area contributed by atoms with E-state index in [1.807, 2.05) is 19.3 Å². The SMILES string of the molecule is CCC1c2nnc(C)n2-c2cnc(-c3cccc4cc[nH]c34)nc2N1C1CCCC1. The molecule has 4 aromatic rings. The highest BCUT2D eigenvalue weighted by Gasteiger charge is 2.39. The molecule has 30 heavy (non-hydrogen) atoms. The third kappa shape index (κ3) is 2.44. The van der Waals surface area contributed by atoms with E-state index in [4.69, 9.17) is 9.97 Å². The first-order valence-corrected chi connectivity index (χ1v) is 10.9. The average molecular weight is 400 g/mol. The van der Waals surface area contributed by atoms with E-state index in [9.17, 15) is 0 Å². The Morgan fingerprint density at radius 3 is 2.83 bits per heavy atom. The molecule has 1 aliphatic carbocycles. The van der Waals surface area contributed by atoms with Crippen LogP contribution in [0.25, 0.3) is 28.0 Å². The van der Waals surface area contributed by atoms with Gasteiger partial charge in [-0.3, -0.25) is 4.57 Å². The van der Waals surface area contributed by atoms with Crippen LogP contribution in [0.4, 0.5) is 5.82 Å². The lowest BCUT2D eigenvalue weighted by atomic mass is 10.0. The number of para-hydroxylation sites is 1.